The van der Waals surface area contributed by atoms with Gasteiger partial charge in [0.05, 0.1) is 17.4 Å². The lowest BCUT2D eigenvalue weighted by molar-refractivity contribution is -0.124. The maximum Gasteiger partial charge on any atom is 0.421 e. The standard InChI is InChI=1S/C20H19N5O4/c1-2-13(10-25-18-16(29-20(25)27)8-5-9-21-18)24-17(26)11-28-19-14-6-3-4-7-15(14)22-12-23-19/h3-9,12-13H,2,10-11H2,1H3,(H,24,26)/t13-/m0/s1. The predicted octanol–water partition coefficient (Wildman–Crippen LogP) is 1.91. The summed E-state index contributed by atoms with van der Waals surface area (Å²) in [5.41, 5.74) is 1.61. The minimum atomic E-state index is -0.505. The Morgan fingerprint density at radius 1 is 1.21 bits per heavy atom. The predicted molar refractivity (Wildman–Crippen MR) is 106 cm³/mol. The molecule has 9 nitrogen and oxygen atoms in total. The summed E-state index contributed by atoms with van der Waals surface area (Å²) < 4.78 is 12.2. The van der Waals surface area contributed by atoms with Crippen molar-refractivity contribution < 1.29 is 13.9 Å². The largest absolute Gasteiger partial charge is 0.467 e. The smallest absolute Gasteiger partial charge is 0.421 e. The van der Waals surface area contributed by atoms with Crippen molar-refractivity contribution in [3.63, 3.8) is 0 Å². The molecule has 1 N–H and O–H groups in total. The van der Waals surface area contributed by atoms with Crippen molar-refractivity contribution in [1.29, 1.82) is 0 Å². The van der Waals surface area contributed by atoms with Crippen LogP contribution in [0.15, 0.2) is 58.1 Å². The lowest BCUT2D eigenvalue weighted by Crippen LogP contribution is -2.41. The van der Waals surface area contributed by atoms with Gasteiger partial charge in [-0.05, 0) is 30.7 Å². The molecular formula is C20H19N5O4. The molecule has 0 aliphatic heterocycles. The summed E-state index contributed by atoms with van der Waals surface area (Å²) in [6.07, 6.45) is 3.61. The van der Waals surface area contributed by atoms with Crippen molar-refractivity contribution in [2.24, 2.45) is 0 Å². The van der Waals surface area contributed by atoms with Gasteiger partial charge in [0.1, 0.15) is 6.33 Å². The third-order valence-electron chi connectivity index (χ3n) is 4.53. The molecule has 4 aromatic rings. The van der Waals surface area contributed by atoms with Crippen molar-refractivity contribution in [1.82, 2.24) is 24.8 Å². The Morgan fingerprint density at radius 2 is 2.07 bits per heavy atom. The number of pyridine rings is 1. The van der Waals surface area contributed by atoms with Crippen LogP contribution in [0.25, 0.3) is 22.1 Å². The molecule has 3 heterocycles. The molecule has 0 bridgehead atoms. The van der Waals surface area contributed by atoms with Crippen LogP contribution in [0.3, 0.4) is 0 Å². The number of carbonyl (C=O) groups excluding carboxylic acids is 1. The van der Waals surface area contributed by atoms with Crippen molar-refractivity contribution in [2.45, 2.75) is 25.9 Å². The summed E-state index contributed by atoms with van der Waals surface area (Å²) >= 11 is 0. The fourth-order valence-electron chi connectivity index (χ4n) is 3.06. The van der Waals surface area contributed by atoms with Crippen molar-refractivity contribution in [3.05, 3.63) is 59.5 Å². The fourth-order valence-corrected chi connectivity index (χ4v) is 3.06. The molecule has 3 aromatic heterocycles. The fraction of sp³-hybridized carbons (Fsp3) is 0.250. The van der Waals surface area contributed by atoms with Crippen LogP contribution < -0.4 is 15.8 Å². The van der Waals surface area contributed by atoms with Crippen LogP contribution in [-0.4, -0.2) is 38.1 Å². The number of aromatic nitrogens is 4. The number of hydrogen-bond acceptors (Lipinski definition) is 7. The van der Waals surface area contributed by atoms with Crippen LogP contribution in [0.5, 0.6) is 5.88 Å². The lowest BCUT2D eigenvalue weighted by Gasteiger charge is -2.17. The number of rotatable bonds is 7. The van der Waals surface area contributed by atoms with Crippen LogP contribution in [0, 0.1) is 0 Å². The second kappa shape index (κ2) is 8.09. The van der Waals surface area contributed by atoms with E-state index in [2.05, 4.69) is 20.3 Å². The van der Waals surface area contributed by atoms with E-state index in [1.54, 1.807) is 18.3 Å². The summed E-state index contributed by atoms with van der Waals surface area (Å²) in [6, 6.07) is 10.5. The molecule has 0 radical (unpaired) electrons. The van der Waals surface area contributed by atoms with Gasteiger partial charge in [0.25, 0.3) is 5.91 Å². The number of amides is 1. The number of ether oxygens (including phenoxy) is 1. The number of benzene rings is 1. The molecule has 0 unspecified atom stereocenters. The highest BCUT2D eigenvalue weighted by atomic mass is 16.5. The van der Waals surface area contributed by atoms with Gasteiger partial charge < -0.3 is 14.5 Å². The summed E-state index contributed by atoms with van der Waals surface area (Å²) in [5, 5.41) is 3.61. The van der Waals surface area contributed by atoms with Crippen LogP contribution >= 0.6 is 0 Å². The molecule has 1 atom stereocenters. The number of carbonyl (C=O) groups is 1. The van der Waals surface area contributed by atoms with E-state index in [-0.39, 0.29) is 25.1 Å². The Balaban J connectivity index is 1.42. The molecule has 0 aliphatic carbocycles. The van der Waals surface area contributed by atoms with Gasteiger partial charge in [0, 0.05) is 12.2 Å². The van der Waals surface area contributed by atoms with E-state index in [0.717, 1.165) is 10.9 Å². The van der Waals surface area contributed by atoms with E-state index < -0.39 is 5.76 Å². The molecule has 1 amide bonds. The Labute approximate surface area is 165 Å². The lowest BCUT2D eigenvalue weighted by atomic mass is 10.2. The van der Waals surface area contributed by atoms with Gasteiger partial charge in [0.15, 0.2) is 17.8 Å². The van der Waals surface area contributed by atoms with Crippen LogP contribution in [0.2, 0.25) is 0 Å². The normalized spacial score (nSPS) is 12.2. The van der Waals surface area contributed by atoms with Crippen LogP contribution in [0.1, 0.15) is 13.3 Å². The quantitative estimate of drug-likeness (QED) is 0.510. The summed E-state index contributed by atoms with van der Waals surface area (Å²) in [6.45, 7) is 1.97. The van der Waals surface area contributed by atoms with E-state index in [0.29, 0.717) is 23.5 Å². The summed E-state index contributed by atoms with van der Waals surface area (Å²) in [4.78, 5) is 37.0. The number of para-hydroxylation sites is 1. The highest BCUT2D eigenvalue weighted by Crippen LogP contribution is 2.20. The minimum absolute atomic E-state index is 0.198. The van der Waals surface area contributed by atoms with E-state index in [4.69, 9.17) is 9.15 Å². The van der Waals surface area contributed by atoms with E-state index >= 15 is 0 Å². The first kappa shape index (κ1) is 18.6. The van der Waals surface area contributed by atoms with Crippen molar-refractivity contribution >= 4 is 28.0 Å². The monoisotopic (exact) mass is 393 g/mol. The molecule has 0 saturated heterocycles. The van der Waals surface area contributed by atoms with Crippen LogP contribution in [0.4, 0.5) is 0 Å². The van der Waals surface area contributed by atoms with Gasteiger partial charge in [-0.3, -0.25) is 9.36 Å². The molecule has 0 spiro atoms. The average Bonchev–Trinajstić information content (AvgIpc) is 3.06. The van der Waals surface area contributed by atoms with Crippen molar-refractivity contribution in [3.8, 4) is 5.88 Å². The topological polar surface area (TPSA) is 112 Å². The SMILES string of the molecule is CC[C@@H](Cn1c(=O)oc2cccnc21)NC(=O)COc1ncnc2ccccc12. The summed E-state index contributed by atoms with van der Waals surface area (Å²) in [7, 11) is 0. The number of nitrogens with zero attached hydrogens (tertiary/aromatic N) is 4. The number of oxazole rings is 1. The first-order chi connectivity index (χ1) is 14.2. The molecule has 0 aliphatic rings. The molecule has 148 valence electrons. The second-order valence-corrected chi connectivity index (χ2v) is 6.46. The highest BCUT2D eigenvalue weighted by Gasteiger charge is 2.17. The maximum atomic E-state index is 12.4. The Bertz CT molecular complexity index is 1210. The molecule has 4 rings (SSSR count). The average molecular weight is 393 g/mol. The van der Waals surface area contributed by atoms with Gasteiger partial charge >= 0.3 is 5.76 Å². The van der Waals surface area contributed by atoms with Gasteiger partial charge in [-0.15, -0.1) is 0 Å². The Kier molecular flexibility index (Phi) is 5.19. The van der Waals surface area contributed by atoms with E-state index in [1.165, 1.54) is 10.9 Å². The number of fused-ring (bicyclic) bond motifs is 2. The zero-order valence-electron chi connectivity index (χ0n) is 15.7. The van der Waals surface area contributed by atoms with E-state index in [1.807, 2.05) is 31.2 Å². The van der Waals surface area contributed by atoms with Gasteiger partial charge in [-0.25, -0.2) is 19.7 Å². The minimum Gasteiger partial charge on any atom is -0.467 e. The number of nitrogens with one attached hydrogen (secondary N) is 1. The summed E-state index contributed by atoms with van der Waals surface area (Å²) in [5.74, 6) is -0.469. The second-order valence-electron chi connectivity index (χ2n) is 6.46. The molecule has 9 heteroatoms. The highest BCUT2D eigenvalue weighted by molar-refractivity contribution is 5.84. The molecule has 0 fully saturated rings. The third-order valence-corrected chi connectivity index (χ3v) is 4.53. The van der Waals surface area contributed by atoms with Crippen molar-refractivity contribution in [2.75, 3.05) is 6.61 Å². The Hall–Kier alpha value is -3.75. The molecule has 1 aromatic carbocycles. The first-order valence-electron chi connectivity index (χ1n) is 9.22. The number of hydrogen-bond donors (Lipinski definition) is 1. The third kappa shape index (κ3) is 3.93. The molecule has 0 saturated carbocycles. The van der Waals surface area contributed by atoms with Crippen LogP contribution in [-0.2, 0) is 11.3 Å². The molecule has 29 heavy (non-hydrogen) atoms. The van der Waals surface area contributed by atoms with E-state index in [9.17, 15) is 9.59 Å². The molecular weight excluding hydrogens is 374 g/mol. The van der Waals surface area contributed by atoms with Gasteiger partial charge in [-0.1, -0.05) is 19.1 Å². The first-order valence-corrected chi connectivity index (χ1v) is 9.22. The zero-order chi connectivity index (χ0) is 20.2. The van der Waals surface area contributed by atoms with Gasteiger partial charge in [0.2, 0.25) is 5.88 Å². The van der Waals surface area contributed by atoms with Gasteiger partial charge in [-0.2, -0.15) is 0 Å². The maximum absolute atomic E-state index is 12.4. The zero-order valence-corrected chi connectivity index (χ0v) is 15.7. The Morgan fingerprint density at radius 3 is 2.93 bits per heavy atom.